The molecule has 0 aromatic carbocycles. The summed E-state index contributed by atoms with van der Waals surface area (Å²) in [7, 11) is -3.09. The molecule has 2 unspecified atom stereocenters. The van der Waals surface area contributed by atoms with Crippen LogP contribution in [-0.4, -0.2) is 26.1 Å². The fourth-order valence-electron chi connectivity index (χ4n) is 2.24. The Hall–Kier alpha value is 0.200. The minimum Gasteiger partial charge on any atom is -0.212 e. The zero-order valence-electron chi connectivity index (χ0n) is 9.91. The highest BCUT2D eigenvalue weighted by atomic mass is 35.5. The van der Waals surface area contributed by atoms with Gasteiger partial charge in [-0.2, -0.15) is 0 Å². The van der Waals surface area contributed by atoms with Crippen molar-refractivity contribution < 1.29 is 8.42 Å². The SMILES string of the molecule is CC1CCCC(NS(=O)(=O)CCCCCl)C1. The van der Waals surface area contributed by atoms with Gasteiger partial charge in [-0.3, -0.25) is 0 Å². The summed E-state index contributed by atoms with van der Waals surface area (Å²) in [6.07, 6.45) is 5.75. The van der Waals surface area contributed by atoms with Crippen molar-refractivity contribution in [1.82, 2.24) is 4.72 Å². The Bertz CT molecular complexity index is 292. The minimum atomic E-state index is -3.09. The van der Waals surface area contributed by atoms with Crippen LogP contribution < -0.4 is 4.72 Å². The molecule has 2 atom stereocenters. The maximum absolute atomic E-state index is 11.7. The number of rotatable bonds is 6. The molecule has 3 nitrogen and oxygen atoms in total. The summed E-state index contributed by atoms with van der Waals surface area (Å²) >= 11 is 5.53. The Balaban J connectivity index is 2.33. The molecular weight excluding hydrogens is 246 g/mol. The lowest BCUT2D eigenvalue weighted by atomic mass is 9.88. The van der Waals surface area contributed by atoms with E-state index >= 15 is 0 Å². The van der Waals surface area contributed by atoms with Crippen molar-refractivity contribution in [2.24, 2.45) is 5.92 Å². The Morgan fingerprint density at radius 2 is 2.06 bits per heavy atom. The van der Waals surface area contributed by atoms with Crippen LogP contribution in [0.25, 0.3) is 0 Å². The Morgan fingerprint density at radius 1 is 1.31 bits per heavy atom. The molecule has 96 valence electrons. The second-order valence-corrected chi connectivity index (χ2v) is 7.05. The van der Waals surface area contributed by atoms with Crippen LogP contribution in [0.15, 0.2) is 0 Å². The van der Waals surface area contributed by atoms with Gasteiger partial charge in [-0.15, -0.1) is 11.6 Å². The third-order valence-electron chi connectivity index (χ3n) is 3.08. The van der Waals surface area contributed by atoms with E-state index in [9.17, 15) is 8.42 Å². The van der Waals surface area contributed by atoms with Gasteiger partial charge in [-0.25, -0.2) is 13.1 Å². The molecule has 0 aromatic rings. The van der Waals surface area contributed by atoms with Gasteiger partial charge in [0.05, 0.1) is 5.75 Å². The summed E-state index contributed by atoms with van der Waals surface area (Å²) in [5.41, 5.74) is 0. The molecular formula is C11H22ClNO2S. The van der Waals surface area contributed by atoms with Crippen molar-refractivity contribution >= 4 is 21.6 Å². The molecule has 0 radical (unpaired) electrons. The zero-order valence-corrected chi connectivity index (χ0v) is 11.5. The molecule has 1 fully saturated rings. The number of halogens is 1. The third kappa shape index (κ3) is 5.51. The first-order valence-electron chi connectivity index (χ1n) is 6.09. The van der Waals surface area contributed by atoms with E-state index in [4.69, 9.17) is 11.6 Å². The number of alkyl halides is 1. The highest BCUT2D eigenvalue weighted by Gasteiger charge is 2.22. The number of sulfonamides is 1. The average molecular weight is 268 g/mol. The van der Waals surface area contributed by atoms with E-state index in [1.165, 1.54) is 6.42 Å². The van der Waals surface area contributed by atoms with Crippen LogP contribution >= 0.6 is 11.6 Å². The molecule has 1 aliphatic carbocycles. The second kappa shape index (κ2) is 6.82. The molecule has 0 saturated heterocycles. The van der Waals surface area contributed by atoms with Crippen LogP contribution in [0.5, 0.6) is 0 Å². The normalized spacial score (nSPS) is 26.9. The number of hydrogen-bond acceptors (Lipinski definition) is 2. The molecule has 0 spiro atoms. The van der Waals surface area contributed by atoms with Gasteiger partial charge in [0.25, 0.3) is 0 Å². The van der Waals surface area contributed by atoms with Crippen LogP contribution in [0.1, 0.15) is 45.4 Å². The van der Waals surface area contributed by atoms with Crippen molar-refractivity contribution in [3.8, 4) is 0 Å². The molecule has 1 N–H and O–H groups in total. The summed E-state index contributed by atoms with van der Waals surface area (Å²) in [4.78, 5) is 0. The Morgan fingerprint density at radius 3 is 2.69 bits per heavy atom. The largest absolute Gasteiger partial charge is 0.212 e. The van der Waals surface area contributed by atoms with E-state index in [1.54, 1.807) is 0 Å². The number of unbranched alkanes of at least 4 members (excludes halogenated alkanes) is 1. The summed E-state index contributed by atoms with van der Waals surface area (Å²) in [5, 5.41) is 0. The molecule has 0 aliphatic heterocycles. The summed E-state index contributed by atoms with van der Waals surface area (Å²) < 4.78 is 26.3. The first-order valence-corrected chi connectivity index (χ1v) is 8.28. The molecule has 5 heteroatoms. The van der Waals surface area contributed by atoms with Crippen molar-refractivity contribution in [2.75, 3.05) is 11.6 Å². The van der Waals surface area contributed by atoms with Gasteiger partial charge in [-0.1, -0.05) is 19.8 Å². The fraction of sp³-hybridized carbons (Fsp3) is 1.00. The minimum absolute atomic E-state index is 0.157. The van der Waals surface area contributed by atoms with Crippen LogP contribution in [-0.2, 0) is 10.0 Å². The van der Waals surface area contributed by atoms with Crippen LogP contribution in [0.4, 0.5) is 0 Å². The van der Waals surface area contributed by atoms with Crippen LogP contribution in [0.2, 0.25) is 0 Å². The predicted molar refractivity (Wildman–Crippen MR) is 68.3 cm³/mol. The maximum Gasteiger partial charge on any atom is 0.211 e. The molecule has 16 heavy (non-hydrogen) atoms. The maximum atomic E-state index is 11.7. The lowest BCUT2D eigenvalue weighted by Gasteiger charge is -2.27. The molecule has 1 aliphatic rings. The van der Waals surface area contributed by atoms with E-state index in [-0.39, 0.29) is 11.8 Å². The van der Waals surface area contributed by atoms with E-state index < -0.39 is 10.0 Å². The highest BCUT2D eigenvalue weighted by Crippen LogP contribution is 2.23. The molecule has 0 bridgehead atoms. The van der Waals surface area contributed by atoms with Gasteiger partial charge < -0.3 is 0 Å². The van der Waals surface area contributed by atoms with E-state index in [0.29, 0.717) is 18.2 Å². The smallest absolute Gasteiger partial charge is 0.211 e. The number of nitrogens with one attached hydrogen (secondary N) is 1. The topological polar surface area (TPSA) is 46.2 Å². The summed E-state index contributed by atoms with van der Waals surface area (Å²) in [6.45, 7) is 2.19. The molecule has 0 heterocycles. The lowest BCUT2D eigenvalue weighted by molar-refractivity contribution is 0.327. The zero-order chi connectivity index (χ0) is 12.0. The van der Waals surface area contributed by atoms with Gasteiger partial charge in [0.2, 0.25) is 10.0 Å². The fourth-order valence-corrected chi connectivity index (χ4v) is 3.85. The molecule has 1 rings (SSSR count). The standard InChI is InChI=1S/C11H22ClNO2S/c1-10-5-4-6-11(9-10)13-16(14,15)8-3-2-7-12/h10-11,13H,2-9H2,1H3. The number of hydrogen-bond donors (Lipinski definition) is 1. The van der Waals surface area contributed by atoms with E-state index in [0.717, 1.165) is 25.7 Å². The Labute approximate surface area is 104 Å². The van der Waals surface area contributed by atoms with Crippen molar-refractivity contribution in [3.63, 3.8) is 0 Å². The van der Waals surface area contributed by atoms with E-state index in [2.05, 4.69) is 11.6 Å². The third-order valence-corrected chi connectivity index (χ3v) is 4.87. The molecule has 0 aromatic heterocycles. The summed E-state index contributed by atoms with van der Waals surface area (Å²) in [5.74, 6) is 1.39. The summed E-state index contributed by atoms with van der Waals surface area (Å²) in [6, 6.07) is 0.157. The van der Waals surface area contributed by atoms with Gasteiger partial charge in [0.15, 0.2) is 0 Å². The monoisotopic (exact) mass is 267 g/mol. The predicted octanol–water partition coefficient (Wildman–Crippen LogP) is 2.50. The quantitative estimate of drug-likeness (QED) is 0.594. The lowest BCUT2D eigenvalue weighted by Crippen LogP contribution is -2.39. The van der Waals surface area contributed by atoms with Crippen LogP contribution in [0.3, 0.4) is 0 Å². The molecule has 0 amide bonds. The van der Waals surface area contributed by atoms with Crippen molar-refractivity contribution in [1.29, 1.82) is 0 Å². The van der Waals surface area contributed by atoms with Gasteiger partial charge in [-0.05, 0) is 31.6 Å². The van der Waals surface area contributed by atoms with Crippen molar-refractivity contribution in [3.05, 3.63) is 0 Å². The first kappa shape index (κ1) is 14.3. The second-order valence-electron chi connectivity index (χ2n) is 4.80. The highest BCUT2D eigenvalue weighted by molar-refractivity contribution is 7.89. The average Bonchev–Trinajstić information content (AvgIpc) is 2.17. The Kier molecular flexibility index (Phi) is 6.08. The van der Waals surface area contributed by atoms with E-state index in [1.807, 2.05) is 0 Å². The van der Waals surface area contributed by atoms with Gasteiger partial charge in [0, 0.05) is 11.9 Å². The molecule has 1 saturated carbocycles. The van der Waals surface area contributed by atoms with Gasteiger partial charge in [0.1, 0.15) is 0 Å². The van der Waals surface area contributed by atoms with Gasteiger partial charge >= 0.3 is 0 Å². The van der Waals surface area contributed by atoms with Crippen LogP contribution in [0, 0.1) is 5.92 Å². The first-order chi connectivity index (χ1) is 7.53. The van der Waals surface area contributed by atoms with Crippen molar-refractivity contribution in [2.45, 2.75) is 51.5 Å².